The van der Waals surface area contributed by atoms with E-state index >= 15 is 0 Å². The molecule has 0 aliphatic heterocycles. The fraction of sp³-hybridized carbons (Fsp3) is 0.667. The molecule has 0 saturated heterocycles. The summed E-state index contributed by atoms with van der Waals surface area (Å²) in [6.07, 6.45) is 3.25. The summed E-state index contributed by atoms with van der Waals surface area (Å²) < 4.78 is 6.74. The SMILES string of the molecule is CC(C)(C)OC(=O)Nc1nn(CC2CC2)cc1N=O. The molecule has 0 radical (unpaired) electrons. The van der Waals surface area contributed by atoms with Crippen molar-refractivity contribution >= 4 is 17.6 Å². The zero-order chi connectivity index (χ0) is 14.0. The highest BCUT2D eigenvalue weighted by molar-refractivity contribution is 5.87. The van der Waals surface area contributed by atoms with Crippen LogP contribution in [0.1, 0.15) is 33.6 Å². The highest BCUT2D eigenvalue weighted by Gasteiger charge is 2.24. The fourth-order valence-electron chi connectivity index (χ4n) is 1.63. The first-order valence-electron chi connectivity index (χ1n) is 6.28. The standard InChI is InChI=1S/C12H18N4O3/c1-12(2,3)19-11(17)13-10-9(15-18)7-16(14-10)6-8-4-5-8/h7-8H,4-6H2,1-3H3,(H,13,14,17). The third-order valence-corrected chi connectivity index (χ3v) is 2.60. The Kier molecular flexibility index (Phi) is 3.55. The Hall–Kier alpha value is -1.92. The number of carbonyl (C=O) groups excluding carboxylic acids is 1. The van der Waals surface area contributed by atoms with Crippen LogP contribution in [-0.4, -0.2) is 21.5 Å². The van der Waals surface area contributed by atoms with E-state index in [0.717, 1.165) is 6.54 Å². The molecule has 1 aliphatic rings. The van der Waals surface area contributed by atoms with Gasteiger partial charge in [-0.2, -0.15) is 5.10 Å². The van der Waals surface area contributed by atoms with Crippen molar-refractivity contribution in [1.29, 1.82) is 0 Å². The summed E-state index contributed by atoms with van der Waals surface area (Å²) in [6.45, 7) is 6.03. The van der Waals surface area contributed by atoms with Crippen LogP contribution in [0.2, 0.25) is 0 Å². The van der Waals surface area contributed by atoms with E-state index in [9.17, 15) is 9.70 Å². The average Bonchev–Trinajstić information content (AvgIpc) is 2.97. The van der Waals surface area contributed by atoms with Gasteiger partial charge in [0, 0.05) is 6.54 Å². The van der Waals surface area contributed by atoms with Gasteiger partial charge in [-0.15, -0.1) is 4.91 Å². The molecule has 1 N–H and O–H groups in total. The molecule has 0 atom stereocenters. The molecule has 1 aliphatic carbocycles. The van der Waals surface area contributed by atoms with Crippen molar-refractivity contribution in [2.75, 3.05) is 5.32 Å². The lowest BCUT2D eigenvalue weighted by Gasteiger charge is -2.19. The molecule has 7 heteroatoms. The number of nitroso groups, excluding NO2 is 1. The lowest BCUT2D eigenvalue weighted by molar-refractivity contribution is 0.0635. The van der Waals surface area contributed by atoms with Crippen LogP contribution in [0.25, 0.3) is 0 Å². The lowest BCUT2D eigenvalue weighted by atomic mass is 10.2. The number of ether oxygens (including phenoxy) is 1. The molecule has 19 heavy (non-hydrogen) atoms. The number of carbonyl (C=O) groups is 1. The molecule has 1 aromatic heterocycles. The predicted octanol–water partition coefficient (Wildman–Crippen LogP) is 3.04. The smallest absolute Gasteiger partial charge is 0.413 e. The topological polar surface area (TPSA) is 85.6 Å². The molecule has 1 heterocycles. The first-order chi connectivity index (χ1) is 8.87. The summed E-state index contributed by atoms with van der Waals surface area (Å²) in [4.78, 5) is 22.3. The number of hydrogen-bond acceptors (Lipinski definition) is 5. The van der Waals surface area contributed by atoms with Crippen LogP contribution in [0.4, 0.5) is 16.3 Å². The number of hydrogen-bond donors (Lipinski definition) is 1. The molecular formula is C12H18N4O3. The molecule has 1 saturated carbocycles. The molecule has 104 valence electrons. The second-order valence-electron chi connectivity index (χ2n) is 5.75. The number of amides is 1. The van der Waals surface area contributed by atoms with Crippen molar-refractivity contribution in [3.8, 4) is 0 Å². The van der Waals surface area contributed by atoms with Crippen molar-refractivity contribution in [3.63, 3.8) is 0 Å². The van der Waals surface area contributed by atoms with E-state index in [2.05, 4.69) is 15.6 Å². The zero-order valence-electron chi connectivity index (χ0n) is 11.3. The van der Waals surface area contributed by atoms with Crippen LogP contribution in [0, 0.1) is 10.8 Å². The number of anilines is 1. The molecule has 0 unspecified atom stereocenters. The summed E-state index contributed by atoms with van der Waals surface area (Å²) >= 11 is 0. The number of rotatable bonds is 4. The van der Waals surface area contributed by atoms with E-state index in [-0.39, 0.29) is 11.5 Å². The molecule has 2 rings (SSSR count). The molecule has 1 fully saturated rings. The summed E-state index contributed by atoms with van der Waals surface area (Å²) in [5, 5.41) is 9.45. The normalized spacial score (nSPS) is 15.1. The highest BCUT2D eigenvalue weighted by Crippen LogP contribution is 2.32. The summed E-state index contributed by atoms with van der Waals surface area (Å²) in [5.41, 5.74) is -0.485. The third kappa shape index (κ3) is 4.04. The van der Waals surface area contributed by atoms with Crippen LogP contribution in [0.15, 0.2) is 11.4 Å². The number of nitrogens with one attached hydrogen (secondary N) is 1. The largest absolute Gasteiger partial charge is 0.444 e. The monoisotopic (exact) mass is 266 g/mol. The van der Waals surface area contributed by atoms with E-state index in [4.69, 9.17) is 4.74 Å². The van der Waals surface area contributed by atoms with E-state index in [1.165, 1.54) is 19.0 Å². The Bertz CT molecular complexity index is 486. The second kappa shape index (κ2) is 4.99. The third-order valence-electron chi connectivity index (χ3n) is 2.60. The van der Waals surface area contributed by atoms with Gasteiger partial charge in [-0.3, -0.25) is 10.00 Å². The van der Waals surface area contributed by atoms with Crippen LogP contribution in [0.5, 0.6) is 0 Å². The molecule has 0 aromatic carbocycles. The molecule has 1 amide bonds. The Labute approximate surface area is 111 Å². The summed E-state index contributed by atoms with van der Waals surface area (Å²) in [7, 11) is 0. The molecule has 0 bridgehead atoms. The Morgan fingerprint density at radius 3 is 2.79 bits per heavy atom. The minimum atomic E-state index is -0.644. The maximum absolute atomic E-state index is 11.6. The van der Waals surface area contributed by atoms with Gasteiger partial charge in [-0.25, -0.2) is 4.79 Å². The van der Waals surface area contributed by atoms with Crippen molar-refractivity contribution < 1.29 is 9.53 Å². The molecule has 1 aromatic rings. The number of aromatic nitrogens is 2. The van der Waals surface area contributed by atoms with Crippen LogP contribution in [-0.2, 0) is 11.3 Å². The second-order valence-corrected chi connectivity index (χ2v) is 5.75. The van der Waals surface area contributed by atoms with Gasteiger partial charge in [0.25, 0.3) is 0 Å². The van der Waals surface area contributed by atoms with Gasteiger partial charge in [0.05, 0.1) is 6.20 Å². The predicted molar refractivity (Wildman–Crippen MR) is 70.3 cm³/mol. The zero-order valence-corrected chi connectivity index (χ0v) is 11.3. The van der Waals surface area contributed by atoms with Gasteiger partial charge in [0.2, 0.25) is 0 Å². The first kappa shape index (κ1) is 13.5. The minimum absolute atomic E-state index is 0.117. The first-order valence-corrected chi connectivity index (χ1v) is 6.28. The summed E-state index contributed by atoms with van der Waals surface area (Å²) in [5.74, 6) is 0.763. The van der Waals surface area contributed by atoms with Crippen molar-refractivity contribution in [2.24, 2.45) is 11.1 Å². The van der Waals surface area contributed by atoms with E-state index in [1.807, 2.05) is 0 Å². The van der Waals surface area contributed by atoms with Crippen molar-refractivity contribution in [1.82, 2.24) is 9.78 Å². The average molecular weight is 266 g/mol. The lowest BCUT2D eigenvalue weighted by Crippen LogP contribution is -2.27. The summed E-state index contributed by atoms with van der Waals surface area (Å²) in [6, 6.07) is 0. The van der Waals surface area contributed by atoms with Gasteiger partial charge in [-0.1, -0.05) is 0 Å². The van der Waals surface area contributed by atoms with Crippen molar-refractivity contribution in [2.45, 2.75) is 45.8 Å². The molecule has 7 nitrogen and oxygen atoms in total. The highest BCUT2D eigenvalue weighted by atomic mass is 16.6. The van der Waals surface area contributed by atoms with E-state index in [0.29, 0.717) is 5.92 Å². The maximum atomic E-state index is 11.6. The van der Waals surface area contributed by atoms with Crippen molar-refractivity contribution in [3.05, 3.63) is 11.1 Å². The van der Waals surface area contributed by atoms with Crippen LogP contribution in [0.3, 0.4) is 0 Å². The minimum Gasteiger partial charge on any atom is -0.444 e. The van der Waals surface area contributed by atoms with Crippen LogP contribution >= 0.6 is 0 Å². The van der Waals surface area contributed by atoms with E-state index < -0.39 is 11.7 Å². The van der Waals surface area contributed by atoms with Gasteiger partial charge >= 0.3 is 6.09 Å². The van der Waals surface area contributed by atoms with Crippen LogP contribution < -0.4 is 5.32 Å². The Morgan fingerprint density at radius 2 is 2.26 bits per heavy atom. The Morgan fingerprint density at radius 1 is 1.58 bits per heavy atom. The van der Waals surface area contributed by atoms with Gasteiger partial charge in [-0.05, 0) is 44.7 Å². The van der Waals surface area contributed by atoms with E-state index in [1.54, 1.807) is 25.5 Å². The quantitative estimate of drug-likeness (QED) is 0.849. The molecular weight excluding hydrogens is 248 g/mol. The fourth-order valence-corrected chi connectivity index (χ4v) is 1.63. The Balaban J connectivity index is 2.03. The van der Waals surface area contributed by atoms with Gasteiger partial charge in [0.15, 0.2) is 11.5 Å². The maximum Gasteiger partial charge on any atom is 0.413 e. The molecule has 0 spiro atoms. The van der Waals surface area contributed by atoms with Gasteiger partial charge < -0.3 is 4.74 Å². The van der Waals surface area contributed by atoms with Gasteiger partial charge in [0.1, 0.15) is 5.60 Å². The number of nitrogens with zero attached hydrogens (tertiary/aromatic N) is 3.